The van der Waals surface area contributed by atoms with E-state index in [0.717, 1.165) is 37.4 Å². The quantitative estimate of drug-likeness (QED) is 0.836. The Labute approximate surface area is 120 Å². The van der Waals surface area contributed by atoms with Crippen molar-refractivity contribution in [1.29, 1.82) is 0 Å². The summed E-state index contributed by atoms with van der Waals surface area (Å²) in [5.41, 5.74) is 1.20. The average Bonchev–Trinajstić information content (AvgIpc) is 2.34. The first-order chi connectivity index (χ1) is 9.04. The zero-order valence-electron chi connectivity index (χ0n) is 11.7. The molecule has 2 unspecified atom stereocenters. The number of Topliss-reactive ketones (excluding diaryl/α,β-unsaturated/α-hetero) is 1. The Morgan fingerprint density at radius 1 is 1.42 bits per heavy atom. The highest BCUT2D eigenvalue weighted by Gasteiger charge is 2.27. The summed E-state index contributed by atoms with van der Waals surface area (Å²) < 4.78 is 0. The summed E-state index contributed by atoms with van der Waals surface area (Å²) in [6.07, 6.45) is 2.86. The number of carbonyl (C=O) groups excluding carboxylic acids is 1. The van der Waals surface area contributed by atoms with E-state index in [0.29, 0.717) is 11.7 Å². The molecular weight excluding hydrogens is 258 g/mol. The van der Waals surface area contributed by atoms with E-state index in [1.54, 1.807) is 0 Å². The predicted molar refractivity (Wildman–Crippen MR) is 79.3 cm³/mol. The second kappa shape index (κ2) is 6.53. The van der Waals surface area contributed by atoms with Crippen molar-refractivity contribution in [3.05, 3.63) is 34.9 Å². The molecule has 1 aliphatic carbocycles. The molecular formula is C16H22ClNO. The Balaban J connectivity index is 1.90. The van der Waals surface area contributed by atoms with E-state index in [2.05, 4.69) is 24.9 Å². The van der Waals surface area contributed by atoms with Crippen LogP contribution in [0.4, 0.5) is 0 Å². The van der Waals surface area contributed by atoms with Gasteiger partial charge in [-0.25, -0.2) is 0 Å². The van der Waals surface area contributed by atoms with Crippen molar-refractivity contribution in [3.63, 3.8) is 0 Å². The van der Waals surface area contributed by atoms with Crippen LogP contribution in [-0.2, 0) is 11.3 Å². The van der Waals surface area contributed by atoms with Crippen LogP contribution >= 0.6 is 11.6 Å². The van der Waals surface area contributed by atoms with Crippen molar-refractivity contribution < 1.29 is 4.79 Å². The number of rotatable bonds is 4. The van der Waals surface area contributed by atoms with Crippen molar-refractivity contribution in [1.82, 2.24) is 4.90 Å². The molecule has 1 saturated carbocycles. The Bertz CT molecular complexity index is 446. The summed E-state index contributed by atoms with van der Waals surface area (Å²) >= 11 is 5.99. The summed E-state index contributed by atoms with van der Waals surface area (Å²) in [4.78, 5) is 14.2. The minimum Gasteiger partial charge on any atom is -0.301 e. The smallest absolute Gasteiger partial charge is 0.137 e. The second-order valence-electron chi connectivity index (χ2n) is 5.87. The second-order valence-corrected chi connectivity index (χ2v) is 6.31. The van der Waals surface area contributed by atoms with Gasteiger partial charge in [0.2, 0.25) is 0 Å². The molecule has 1 aromatic rings. The normalized spacial score (nSPS) is 23.9. The van der Waals surface area contributed by atoms with Gasteiger partial charge in [-0.05, 0) is 43.5 Å². The third kappa shape index (κ3) is 4.32. The van der Waals surface area contributed by atoms with E-state index in [9.17, 15) is 4.79 Å². The molecule has 0 aromatic heterocycles. The van der Waals surface area contributed by atoms with Gasteiger partial charge in [-0.15, -0.1) is 0 Å². The minimum absolute atomic E-state index is 0.216. The van der Waals surface area contributed by atoms with E-state index >= 15 is 0 Å². The van der Waals surface area contributed by atoms with Gasteiger partial charge in [-0.3, -0.25) is 4.79 Å². The molecule has 2 rings (SSSR count). The zero-order valence-corrected chi connectivity index (χ0v) is 12.5. The van der Waals surface area contributed by atoms with Crippen molar-refractivity contribution in [2.45, 2.75) is 32.7 Å². The van der Waals surface area contributed by atoms with Crippen LogP contribution in [0.15, 0.2) is 24.3 Å². The molecule has 104 valence electrons. The molecule has 0 aliphatic heterocycles. The molecule has 1 fully saturated rings. The molecule has 0 heterocycles. The Morgan fingerprint density at radius 3 is 2.95 bits per heavy atom. The molecule has 0 amide bonds. The fourth-order valence-corrected chi connectivity index (χ4v) is 3.10. The maximum atomic E-state index is 11.9. The fourth-order valence-electron chi connectivity index (χ4n) is 2.89. The van der Waals surface area contributed by atoms with E-state index in [1.165, 1.54) is 5.56 Å². The van der Waals surface area contributed by atoms with Gasteiger partial charge in [0.25, 0.3) is 0 Å². The highest BCUT2D eigenvalue weighted by Crippen LogP contribution is 2.26. The molecule has 3 heteroatoms. The SMILES string of the molecule is CC1CCC(=O)C(CN(C)Cc2cccc(Cl)c2)C1. The van der Waals surface area contributed by atoms with Gasteiger partial charge in [0.1, 0.15) is 5.78 Å². The van der Waals surface area contributed by atoms with Gasteiger partial charge >= 0.3 is 0 Å². The van der Waals surface area contributed by atoms with Crippen LogP contribution in [0.2, 0.25) is 5.02 Å². The lowest BCUT2D eigenvalue weighted by Gasteiger charge is -2.29. The Kier molecular flexibility index (Phi) is 5.00. The predicted octanol–water partition coefficient (Wildman–Crippen LogP) is 3.78. The molecule has 0 spiro atoms. The third-order valence-electron chi connectivity index (χ3n) is 3.90. The van der Waals surface area contributed by atoms with Crippen LogP contribution in [0.25, 0.3) is 0 Å². The summed E-state index contributed by atoms with van der Waals surface area (Å²) in [5.74, 6) is 1.34. The van der Waals surface area contributed by atoms with E-state index < -0.39 is 0 Å². The van der Waals surface area contributed by atoms with E-state index in [1.807, 2.05) is 18.2 Å². The van der Waals surface area contributed by atoms with Crippen LogP contribution in [0.1, 0.15) is 31.7 Å². The molecule has 0 saturated heterocycles. The molecule has 1 aromatic carbocycles. The highest BCUT2D eigenvalue weighted by atomic mass is 35.5. The summed E-state index contributed by atoms with van der Waals surface area (Å²) in [6, 6.07) is 7.92. The number of benzene rings is 1. The number of hydrogen-bond donors (Lipinski definition) is 0. The van der Waals surface area contributed by atoms with Gasteiger partial charge in [0.15, 0.2) is 0 Å². The molecule has 0 bridgehead atoms. The van der Waals surface area contributed by atoms with Crippen LogP contribution in [0.5, 0.6) is 0 Å². The van der Waals surface area contributed by atoms with Gasteiger partial charge in [-0.1, -0.05) is 30.7 Å². The lowest BCUT2D eigenvalue weighted by molar-refractivity contribution is -0.126. The first-order valence-corrected chi connectivity index (χ1v) is 7.38. The minimum atomic E-state index is 0.216. The van der Waals surface area contributed by atoms with Crippen LogP contribution in [0, 0.1) is 11.8 Å². The zero-order chi connectivity index (χ0) is 13.8. The van der Waals surface area contributed by atoms with Crippen molar-refractivity contribution in [3.8, 4) is 0 Å². The first kappa shape index (κ1) is 14.5. The largest absolute Gasteiger partial charge is 0.301 e. The number of hydrogen-bond acceptors (Lipinski definition) is 2. The van der Waals surface area contributed by atoms with Gasteiger partial charge in [0.05, 0.1) is 0 Å². The first-order valence-electron chi connectivity index (χ1n) is 7.00. The molecule has 2 nitrogen and oxygen atoms in total. The monoisotopic (exact) mass is 279 g/mol. The lowest BCUT2D eigenvalue weighted by Crippen LogP contribution is -2.34. The van der Waals surface area contributed by atoms with Gasteiger partial charge in [0, 0.05) is 30.5 Å². The van der Waals surface area contributed by atoms with Gasteiger partial charge < -0.3 is 4.90 Å². The summed E-state index contributed by atoms with van der Waals surface area (Å²) in [7, 11) is 2.08. The molecule has 19 heavy (non-hydrogen) atoms. The number of carbonyl (C=O) groups is 1. The van der Waals surface area contributed by atoms with Crippen LogP contribution < -0.4 is 0 Å². The van der Waals surface area contributed by atoms with Crippen LogP contribution in [-0.4, -0.2) is 24.3 Å². The standard InChI is InChI=1S/C16H22ClNO/c1-12-6-7-16(19)14(8-12)11-18(2)10-13-4-3-5-15(17)9-13/h3-5,9,12,14H,6-8,10-11H2,1-2H3. The molecule has 1 aliphatic rings. The third-order valence-corrected chi connectivity index (χ3v) is 4.13. The summed E-state index contributed by atoms with van der Waals surface area (Å²) in [6.45, 7) is 3.95. The van der Waals surface area contributed by atoms with E-state index in [-0.39, 0.29) is 5.92 Å². The van der Waals surface area contributed by atoms with Crippen LogP contribution in [0.3, 0.4) is 0 Å². The van der Waals surface area contributed by atoms with Crippen molar-refractivity contribution in [2.75, 3.05) is 13.6 Å². The topological polar surface area (TPSA) is 20.3 Å². The number of ketones is 1. The molecule has 2 atom stereocenters. The summed E-state index contributed by atoms with van der Waals surface area (Å²) in [5, 5.41) is 0.772. The van der Waals surface area contributed by atoms with Crippen molar-refractivity contribution >= 4 is 17.4 Å². The maximum Gasteiger partial charge on any atom is 0.137 e. The van der Waals surface area contributed by atoms with Gasteiger partial charge in [-0.2, -0.15) is 0 Å². The average molecular weight is 280 g/mol. The molecule has 0 N–H and O–H groups in total. The Hall–Kier alpha value is -0.860. The molecule has 0 radical (unpaired) electrons. The highest BCUT2D eigenvalue weighted by molar-refractivity contribution is 6.30. The lowest BCUT2D eigenvalue weighted by atomic mass is 9.81. The fraction of sp³-hybridized carbons (Fsp3) is 0.562. The number of halogens is 1. The van der Waals surface area contributed by atoms with E-state index in [4.69, 9.17) is 11.6 Å². The Morgan fingerprint density at radius 2 is 2.21 bits per heavy atom. The maximum absolute atomic E-state index is 11.9. The number of nitrogens with zero attached hydrogens (tertiary/aromatic N) is 1. The van der Waals surface area contributed by atoms with Crippen molar-refractivity contribution in [2.24, 2.45) is 11.8 Å².